The molecule has 0 fully saturated rings. The van der Waals surface area contributed by atoms with Gasteiger partial charge in [0.1, 0.15) is 18.5 Å². The van der Waals surface area contributed by atoms with Crippen LogP contribution in [0, 0.1) is 0 Å². The van der Waals surface area contributed by atoms with Crippen LogP contribution in [0.25, 0.3) is 0 Å². The van der Waals surface area contributed by atoms with Crippen LogP contribution in [0.1, 0.15) is 17.1 Å². The number of hydrogen-bond donors (Lipinski definition) is 1. The maximum Gasteiger partial charge on any atom is 0.490 e. The van der Waals surface area contributed by atoms with E-state index in [9.17, 15) is 13.2 Å². The first-order valence-electron chi connectivity index (χ1n) is 8.22. The minimum absolute atomic E-state index is 0.717. The van der Waals surface area contributed by atoms with Crippen LogP contribution >= 0.6 is 0 Å². The van der Waals surface area contributed by atoms with Gasteiger partial charge in [-0.1, -0.05) is 0 Å². The first-order chi connectivity index (χ1) is 13.3. The number of imidazole rings is 1. The standard InChI is InChI=1S/C14H16N6O.C2HF3O2/c1-4-21-9-12(1)6-18-2-3-20-13(5-16-14(20)8-18)7-19-11-15-10-17-19;3-2(4,5)1(6)7/h1,4-5,9-11H,2-3,6-8H2;(H,6,7). The first kappa shape index (κ1) is 19.6. The average Bonchev–Trinajstić information content (AvgIpc) is 3.38. The van der Waals surface area contributed by atoms with E-state index in [0.717, 1.165) is 32.0 Å². The molecule has 1 aliphatic heterocycles. The van der Waals surface area contributed by atoms with Crippen molar-refractivity contribution < 1.29 is 27.5 Å². The quantitative estimate of drug-likeness (QED) is 0.715. The van der Waals surface area contributed by atoms with Crippen molar-refractivity contribution in [3.8, 4) is 0 Å². The summed E-state index contributed by atoms with van der Waals surface area (Å²) in [5, 5.41) is 11.3. The molecule has 0 unspecified atom stereocenters. The molecule has 9 nitrogen and oxygen atoms in total. The number of nitrogens with zero attached hydrogens (tertiary/aromatic N) is 6. The molecule has 12 heteroatoms. The van der Waals surface area contributed by atoms with Crippen LogP contribution < -0.4 is 0 Å². The normalized spacial score (nSPS) is 14.2. The van der Waals surface area contributed by atoms with E-state index in [1.54, 1.807) is 25.2 Å². The molecule has 0 aromatic carbocycles. The lowest BCUT2D eigenvalue weighted by Crippen LogP contribution is -2.34. The van der Waals surface area contributed by atoms with E-state index in [-0.39, 0.29) is 0 Å². The van der Waals surface area contributed by atoms with Crippen LogP contribution in [0.4, 0.5) is 13.2 Å². The molecule has 0 radical (unpaired) electrons. The predicted octanol–water partition coefficient (Wildman–Crippen LogP) is 1.76. The van der Waals surface area contributed by atoms with Gasteiger partial charge in [0, 0.05) is 25.2 Å². The minimum atomic E-state index is -5.08. The van der Waals surface area contributed by atoms with E-state index in [1.165, 1.54) is 11.3 Å². The van der Waals surface area contributed by atoms with Crippen molar-refractivity contribution in [2.24, 2.45) is 0 Å². The van der Waals surface area contributed by atoms with Crippen LogP contribution in [-0.4, -0.2) is 53.0 Å². The number of hydrogen-bond acceptors (Lipinski definition) is 6. The highest BCUT2D eigenvalue weighted by molar-refractivity contribution is 5.73. The van der Waals surface area contributed by atoms with Crippen molar-refractivity contribution in [2.45, 2.75) is 32.4 Å². The van der Waals surface area contributed by atoms with Gasteiger partial charge < -0.3 is 14.1 Å². The van der Waals surface area contributed by atoms with Crippen molar-refractivity contribution in [2.75, 3.05) is 6.54 Å². The maximum absolute atomic E-state index is 10.6. The molecule has 0 aliphatic carbocycles. The summed E-state index contributed by atoms with van der Waals surface area (Å²) < 4.78 is 41.0. The summed E-state index contributed by atoms with van der Waals surface area (Å²) in [6, 6.07) is 2.01. The Morgan fingerprint density at radius 3 is 2.68 bits per heavy atom. The molecule has 0 spiro atoms. The monoisotopic (exact) mass is 398 g/mol. The lowest BCUT2D eigenvalue weighted by atomic mass is 10.2. The molecule has 4 rings (SSSR count). The van der Waals surface area contributed by atoms with Crippen LogP contribution in [0.3, 0.4) is 0 Å². The average molecular weight is 398 g/mol. The van der Waals surface area contributed by atoms with Gasteiger partial charge in [0.05, 0.1) is 37.5 Å². The number of carbonyl (C=O) groups is 1. The summed E-state index contributed by atoms with van der Waals surface area (Å²) in [6.07, 6.45) is 3.67. The van der Waals surface area contributed by atoms with Gasteiger partial charge in [-0.2, -0.15) is 18.3 Å². The molecule has 0 saturated carbocycles. The fourth-order valence-electron chi connectivity index (χ4n) is 2.76. The Bertz CT molecular complexity index is 890. The fourth-order valence-corrected chi connectivity index (χ4v) is 2.76. The molecule has 28 heavy (non-hydrogen) atoms. The summed E-state index contributed by atoms with van der Waals surface area (Å²) in [5.41, 5.74) is 2.39. The van der Waals surface area contributed by atoms with Gasteiger partial charge in [0.2, 0.25) is 0 Å². The topological polar surface area (TPSA) is 102 Å². The lowest BCUT2D eigenvalue weighted by molar-refractivity contribution is -0.192. The molecule has 150 valence electrons. The van der Waals surface area contributed by atoms with E-state index in [1.807, 2.05) is 16.9 Å². The second-order valence-corrected chi connectivity index (χ2v) is 6.06. The Morgan fingerprint density at radius 2 is 2.07 bits per heavy atom. The Balaban J connectivity index is 0.000000279. The molecule has 0 atom stereocenters. The molecule has 1 aliphatic rings. The third-order valence-electron chi connectivity index (χ3n) is 4.05. The summed E-state index contributed by atoms with van der Waals surface area (Å²) in [6.45, 7) is 4.45. The fraction of sp³-hybridized carbons (Fsp3) is 0.375. The highest BCUT2D eigenvalue weighted by Crippen LogP contribution is 2.17. The van der Waals surface area contributed by atoms with Gasteiger partial charge >= 0.3 is 12.1 Å². The highest BCUT2D eigenvalue weighted by Gasteiger charge is 2.38. The van der Waals surface area contributed by atoms with Gasteiger partial charge in [-0.05, 0) is 6.07 Å². The van der Waals surface area contributed by atoms with Crippen molar-refractivity contribution in [1.82, 2.24) is 29.2 Å². The number of carboxylic acids is 1. The minimum Gasteiger partial charge on any atom is -0.475 e. The number of halogens is 3. The van der Waals surface area contributed by atoms with E-state index >= 15 is 0 Å². The van der Waals surface area contributed by atoms with Gasteiger partial charge in [-0.15, -0.1) is 0 Å². The SMILES string of the molecule is O=C(O)C(F)(F)F.c1ncn(Cc2cnc3n2CCN(Cc2ccoc2)C3)n1. The second kappa shape index (κ2) is 8.25. The van der Waals surface area contributed by atoms with Crippen molar-refractivity contribution in [1.29, 1.82) is 0 Å². The van der Waals surface area contributed by atoms with Crippen LogP contribution in [0.5, 0.6) is 0 Å². The van der Waals surface area contributed by atoms with Crippen molar-refractivity contribution >= 4 is 5.97 Å². The van der Waals surface area contributed by atoms with E-state index in [0.29, 0.717) is 6.54 Å². The number of aromatic nitrogens is 5. The third-order valence-corrected chi connectivity index (χ3v) is 4.05. The number of fused-ring (bicyclic) bond motifs is 1. The van der Waals surface area contributed by atoms with Gasteiger partial charge in [0.15, 0.2) is 0 Å². The third kappa shape index (κ3) is 4.97. The zero-order valence-corrected chi connectivity index (χ0v) is 14.6. The molecule has 3 aromatic heterocycles. The zero-order valence-electron chi connectivity index (χ0n) is 14.6. The number of alkyl halides is 3. The van der Waals surface area contributed by atoms with Crippen LogP contribution in [-0.2, 0) is 31.0 Å². The summed E-state index contributed by atoms with van der Waals surface area (Å²) in [7, 11) is 0. The van der Waals surface area contributed by atoms with E-state index in [2.05, 4.69) is 24.5 Å². The summed E-state index contributed by atoms with van der Waals surface area (Å²) in [5.74, 6) is -1.65. The molecular formula is C16H17F3N6O3. The molecule has 0 bridgehead atoms. The number of furan rings is 1. The van der Waals surface area contributed by atoms with E-state index in [4.69, 9.17) is 14.3 Å². The van der Waals surface area contributed by atoms with E-state index < -0.39 is 12.1 Å². The lowest BCUT2D eigenvalue weighted by Gasteiger charge is -2.28. The Morgan fingerprint density at radius 1 is 1.29 bits per heavy atom. The van der Waals surface area contributed by atoms with Crippen LogP contribution in [0.15, 0.2) is 41.9 Å². The summed E-state index contributed by atoms with van der Waals surface area (Å²) in [4.78, 5) is 19.8. The first-order valence-corrected chi connectivity index (χ1v) is 8.22. The smallest absolute Gasteiger partial charge is 0.475 e. The number of rotatable bonds is 4. The van der Waals surface area contributed by atoms with Gasteiger partial charge in [-0.3, -0.25) is 4.90 Å². The Kier molecular flexibility index (Phi) is 5.78. The zero-order chi connectivity index (χ0) is 20.1. The van der Waals surface area contributed by atoms with Crippen LogP contribution in [0.2, 0.25) is 0 Å². The van der Waals surface area contributed by atoms with Gasteiger partial charge in [0.25, 0.3) is 0 Å². The summed E-state index contributed by atoms with van der Waals surface area (Å²) >= 11 is 0. The molecule has 0 saturated heterocycles. The van der Waals surface area contributed by atoms with Crippen molar-refractivity contribution in [3.63, 3.8) is 0 Å². The molecule has 3 aromatic rings. The molecule has 1 N–H and O–H groups in total. The predicted molar refractivity (Wildman–Crippen MR) is 87.9 cm³/mol. The molecule has 0 amide bonds. The Hall–Kier alpha value is -3.15. The molecular weight excluding hydrogens is 381 g/mol. The van der Waals surface area contributed by atoms with Gasteiger partial charge in [-0.25, -0.2) is 19.4 Å². The number of aliphatic carboxylic acids is 1. The maximum atomic E-state index is 10.6. The highest BCUT2D eigenvalue weighted by atomic mass is 19.4. The number of carboxylic acid groups (broad SMARTS) is 1. The molecule has 4 heterocycles. The second-order valence-electron chi connectivity index (χ2n) is 6.06. The Labute approximate surface area is 157 Å². The van der Waals surface area contributed by atoms with Crippen molar-refractivity contribution in [3.05, 3.63) is 54.5 Å². The largest absolute Gasteiger partial charge is 0.490 e.